The summed E-state index contributed by atoms with van der Waals surface area (Å²) in [6.45, 7) is 8.14. The number of carbonyl (C=O) groups excluding carboxylic acids is 2. The van der Waals surface area contributed by atoms with E-state index in [2.05, 4.69) is 23.1 Å². The molecule has 3 rings (SSSR count). The lowest BCUT2D eigenvalue weighted by Crippen LogP contribution is -2.32. The van der Waals surface area contributed by atoms with E-state index in [1.54, 1.807) is 31.7 Å². The standard InChI is InChI=1S/C22H22N4O3/c1-4-8-20-16(2)25(3)22(28)18(14-29-20)11-23-21(27)19-13-26(15-24-19)12-17-9-6-5-7-10-17/h4-11,13,15,18H,1-2,12,14H2,3H3/b20-8+,23-11?. The van der Waals surface area contributed by atoms with Gasteiger partial charge in [0.1, 0.15) is 24.0 Å². The summed E-state index contributed by atoms with van der Waals surface area (Å²) in [6, 6.07) is 9.85. The number of benzene rings is 1. The topological polar surface area (TPSA) is 76.8 Å². The van der Waals surface area contributed by atoms with Crippen molar-refractivity contribution in [1.82, 2.24) is 14.5 Å². The second-order valence-electron chi connectivity index (χ2n) is 6.53. The van der Waals surface area contributed by atoms with Crippen molar-refractivity contribution in [3.63, 3.8) is 0 Å². The molecule has 1 aliphatic rings. The number of hydrogen-bond donors (Lipinski definition) is 0. The molecular formula is C22H22N4O3. The van der Waals surface area contributed by atoms with Gasteiger partial charge in [-0.1, -0.05) is 49.6 Å². The molecule has 1 atom stereocenters. The van der Waals surface area contributed by atoms with Gasteiger partial charge in [-0.15, -0.1) is 0 Å². The number of rotatable bonds is 5. The third-order valence-corrected chi connectivity index (χ3v) is 4.46. The van der Waals surface area contributed by atoms with E-state index in [1.807, 2.05) is 34.9 Å². The van der Waals surface area contributed by atoms with E-state index in [1.165, 1.54) is 11.1 Å². The molecule has 0 saturated carbocycles. The summed E-state index contributed by atoms with van der Waals surface area (Å²) in [5.74, 6) is -1.02. The number of aromatic nitrogens is 2. The summed E-state index contributed by atoms with van der Waals surface area (Å²) in [6.07, 6.45) is 7.72. The van der Waals surface area contributed by atoms with Crippen molar-refractivity contribution in [3.05, 3.63) is 90.9 Å². The number of nitrogens with zero attached hydrogens (tertiary/aromatic N) is 4. The molecule has 0 radical (unpaired) electrons. The zero-order chi connectivity index (χ0) is 20.8. The van der Waals surface area contributed by atoms with Crippen LogP contribution in [0.3, 0.4) is 0 Å². The maximum Gasteiger partial charge on any atom is 0.296 e. The molecule has 2 aromatic rings. The first kappa shape index (κ1) is 20.0. The zero-order valence-electron chi connectivity index (χ0n) is 16.2. The number of aliphatic imine (C=N–C) groups is 1. The lowest BCUT2D eigenvalue weighted by Gasteiger charge is -2.17. The van der Waals surface area contributed by atoms with Gasteiger partial charge >= 0.3 is 0 Å². The SMILES string of the molecule is C=C/C=C1/OCC(C=NC(=O)c2cn(Cc3ccccc3)cn2)C(=O)N(C)C1=C. The average Bonchev–Trinajstić information content (AvgIpc) is 3.17. The van der Waals surface area contributed by atoms with Gasteiger partial charge in [-0.25, -0.2) is 9.98 Å². The summed E-state index contributed by atoms with van der Waals surface area (Å²) in [7, 11) is 1.60. The van der Waals surface area contributed by atoms with E-state index < -0.39 is 11.8 Å². The van der Waals surface area contributed by atoms with Crippen molar-refractivity contribution in [3.8, 4) is 0 Å². The first-order valence-electron chi connectivity index (χ1n) is 9.06. The average molecular weight is 390 g/mol. The van der Waals surface area contributed by atoms with E-state index in [0.29, 0.717) is 18.0 Å². The molecule has 7 heteroatoms. The third-order valence-electron chi connectivity index (χ3n) is 4.46. The van der Waals surface area contributed by atoms with Crippen LogP contribution in [-0.4, -0.2) is 46.1 Å². The predicted molar refractivity (Wildman–Crippen MR) is 110 cm³/mol. The minimum absolute atomic E-state index is 0.0566. The Bertz CT molecular complexity index is 988. The largest absolute Gasteiger partial charge is 0.490 e. The summed E-state index contributed by atoms with van der Waals surface area (Å²) in [5.41, 5.74) is 1.74. The van der Waals surface area contributed by atoms with E-state index in [4.69, 9.17) is 4.74 Å². The van der Waals surface area contributed by atoms with Gasteiger partial charge in [0, 0.05) is 26.0 Å². The Kier molecular flexibility index (Phi) is 6.19. The number of amides is 2. The molecule has 1 aromatic heterocycles. The summed E-state index contributed by atoms with van der Waals surface area (Å²) >= 11 is 0. The Morgan fingerprint density at radius 3 is 2.86 bits per heavy atom. The van der Waals surface area contributed by atoms with Gasteiger partial charge in [0.2, 0.25) is 5.91 Å². The molecule has 1 fully saturated rings. The maximum atomic E-state index is 12.6. The van der Waals surface area contributed by atoms with Gasteiger partial charge in [0.05, 0.1) is 12.0 Å². The molecule has 1 aliphatic heterocycles. The van der Waals surface area contributed by atoms with Gasteiger partial charge in [-0.3, -0.25) is 9.59 Å². The van der Waals surface area contributed by atoms with E-state index >= 15 is 0 Å². The molecule has 2 heterocycles. The molecule has 0 aliphatic carbocycles. The molecule has 2 amide bonds. The molecule has 0 spiro atoms. The highest BCUT2D eigenvalue weighted by Gasteiger charge is 2.29. The molecule has 1 unspecified atom stereocenters. The van der Waals surface area contributed by atoms with Crippen LogP contribution in [0.4, 0.5) is 0 Å². The normalized spacial score (nSPS) is 18.7. The number of likely N-dealkylation sites (N-methyl/N-ethyl adjacent to an activating group) is 1. The smallest absolute Gasteiger partial charge is 0.296 e. The summed E-state index contributed by atoms with van der Waals surface area (Å²) in [5, 5.41) is 0. The van der Waals surface area contributed by atoms with Gasteiger partial charge in [0.15, 0.2) is 0 Å². The molecular weight excluding hydrogens is 368 g/mol. The van der Waals surface area contributed by atoms with Crippen LogP contribution in [-0.2, 0) is 16.1 Å². The highest BCUT2D eigenvalue weighted by atomic mass is 16.5. The van der Waals surface area contributed by atoms with Crippen LogP contribution in [0.2, 0.25) is 0 Å². The van der Waals surface area contributed by atoms with Crippen molar-refractivity contribution in [2.45, 2.75) is 6.54 Å². The fourth-order valence-electron chi connectivity index (χ4n) is 2.81. The minimum atomic E-state index is -0.706. The fraction of sp³-hybridized carbons (Fsp3) is 0.182. The van der Waals surface area contributed by atoms with E-state index in [0.717, 1.165) is 5.56 Å². The Morgan fingerprint density at radius 2 is 2.14 bits per heavy atom. The third kappa shape index (κ3) is 4.76. The molecule has 0 N–H and O–H groups in total. The highest BCUT2D eigenvalue weighted by Crippen LogP contribution is 2.21. The number of ether oxygens (including phenoxy) is 1. The molecule has 29 heavy (non-hydrogen) atoms. The second kappa shape index (κ2) is 8.97. The Morgan fingerprint density at radius 1 is 1.38 bits per heavy atom. The van der Waals surface area contributed by atoms with E-state index in [9.17, 15) is 9.59 Å². The lowest BCUT2D eigenvalue weighted by atomic mass is 10.1. The van der Waals surface area contributed by atoms with Crippen LogP contribution in [0.5, 0.6) is 0 Å². The highest BCUT2D eigenvalue weighted by molar-refractivity contribution is 6.02. The molecule has 7 nitrogen and oxygen atoms in total. The number of allylic oxidation sites excluding steroid dienone is 2. The maximum absolute atomic E-state index is 12.6. The van der Waals surface area contributed by atoms with Crippen LogP contribution in [0.25, 0.3) is 0 Å². The first-order valence-corrected chi connectivity index (χ1v) is 9.06. The Hall–Kier alpha value is -3.74. The van der Waals surface area contributed by atoms with E-state index in [-0.39, 0.29) is 18.2 Å². The molecule has 148 valence electrons. The lowest BCUT2D eigenvalue weighted by molar-refractivity contribution is -0.129. The van der Waals surface area contributed by atoms with Crippen LogP contribution in [0.15, 0.2) is 84.6 Å². The van der Waals surface area contributed by atoms with Crippen molar-refractivity contribution in [2.75, 3.05) is 13.7 Å². The van der Waals surface area contributed by atoms with Crippen molar-refractivity contribution >= 4 is 18.0 Å². The van der Waals surface area contributed by atoms with Crippen LogP contribution in [0, 0.1) is 5.92 Å². The number of carbonyl (C=O) groups is 2. The van der Waals surface area contributed by atoms with Gasteiger partial charge in [0.25, 0.3) is 5.91 Å². The van der Waals surface area contributed by atoms with Gasteiger partial charge in [-0.2, -0.15) is 0 Å². The van der Waals surface area contributed by atoms with Crippen molar-refractivity contribution in [2.24, 2.45) is 10.9 Å². The number of imidazole rings is 1. The zero-order valence-corrected chi connectivity index (χ0v) is 16.2. The van der Waals surface area contributed by atoms with Gasteiger partial charge in [-0.05, 0) is 11.6 Å². The molecule has 0 bridgehead atoms. The van der Waals surface area contributed by atoms with Crippen molar-refractivity contribution < 1.29 is 14.3 Å². The predicted octanol–water partition coefficient (Wildman–Crippen LogP) is 2.83. The second-order valence-corrected chi connectivity index (χ2v) is 6.53. The minimum Gasteiger partial charge on any atom is -0.490 e. The summed E-state index contributed by atoms with van der Waals surface area (Å²) in [4.78, 5) is 34.4. The monoisotopic (exact) mass is 390 g/mol. The van der Waals surface area contributed by atoms with Crippen LogP contribution >= 0.6 is 0 Å². The quantitative estimate of drug-likeness (QED) is 0.736. The molecule has 1 aromatic carbocycles. The number of hydrogen-bond acceptors (Lipinski definition) is 4. The van der Waals surface area contributed by atoms with Crippen molar-refractivity contribution in [1.29, 1.82) is 0 Å². The fourth-order valence-corrected chi connectivity index (χ4v) is 2.81. The first-order chi connectivity index (χ1) is 14.0. The Labute approximate surface area is 169 Å². The summed E-state index contributed by atoms with van der Waals surface area (Å²) < 4.78 is 7.43. The van der Waals surface area contributed by atoms with Crippen LogP contribution < -0.4 is 0 Å². The van der Waals surface area contributed by atoms with Crippen LogP contribution in [0.1, 0.15) is 16.1 Å². The van der Waals surface area contributed by atoms with Gasteiger partial charge < -0.3 is 14.2 Å². The Balaban J connectivity index is 1.68. The molecule has 1 saturated heterocycles.